The van der Waals surface area contributed by atoms with Gasteiger partial charge in [-0.1, -0.05) is 12.1 Å². The van der Waals surface area contributed by atoms with Crippen LogP contribution in [0.15, 0.2) is 18.6 Å². The van der Waals surface area contributed by atoms with Crippen LogP contribution < -0.4 is 11.1 Å². The molecule has 0 aromatic carbocycles. The molecule has 0 fully saturated rings. The molecule has 2 aromatic heterocycles. The monoisotopic (exact) mass is 291 g/mol. The molecule has 1 unspecified atom stereocenters. The standard InChI is InChI=1S/C12H17N7O2/c1-8(7-21-12(13)20)3-15-11-5-14-9(4-16-11)10-6-19(2)18-17-10/h4-6,8H,3,7H2,1-2H3,(H2,13,20)(H,15,16). The molecule has 2 heterocycles. The van der Waals surface area contributed by atoms with Crippen molar-refractivity contribution in [2.24, 2.45) is 18.7 Å². The summed E-state index contributed by atoms with van der Waals surface area (Å²) < 4.78 is 6.32. The average Bonchev–Trinajstić information content (AvgIpc) is 2.90. The van der Waals surface area contributed by atoms with E-state index < -0.39 is 6.09 Å². The Morgan fingerprint density at radius 1 is 1.43 bits per heavy atom. The minimum Gasteiger partial charge on any atom is -0.449 e. The largest absolute Gasteiger partial charge is 0.449 e. The number of anilines is 1. The fourth-order valence-electron chi connectivity index (χ4n) is 1.58. The SMILES string of the molecule is CC(CNc1cnc(-c2cn(C)nn2)cn1)COC(N)=O. The van der Waals surface area contributed by atoms with Gasteiger partial charge in [0.25, 0.3) is 0 Å². The summed E-state index contributed by atoms with van der Waals surface area (Å²) in [6.45, 7) is 2.77. The van der Waals surface area contributed by atoms with Gasteiger partial charge in [-0.15, -0.1) is 5.10 Å². The predicted molar refractivity (Wildman–Crippen MR) is 75.2 cm³/mol. The van der Waals surface area contributed by atoms with Gasteiger partial charge in [-0.3, -0.25) is 4.68 Å². The van der Waals surface area contributed by atoms with Gasteiger partial charge in [-0.25, -0.2) is 14.8 Å². The number of hydrogen-bond donors (Lipinski definition) is 2. The van der Waals surface area contributed by atoms with Crippen LogP contribution in [0.2, 0.25) is 0 Å². The molecule has 0 bridgehead atoms. The van der Waals surface area contributed by atoms with Gasteiger partial charge in [0.1, 0.15) is 17.2 Å². The maximum Gasteiger partial charge on any atom is 0.404 e. The minimum absolute atomic E-state index is 0.110. The summed E-state index contributed by atoms with van der Waals surface area (Å²) in [5, 5.41) is 10.9. The Balaban J connectivity index is 1.86. The number of primary amides is 1. The van der Waals surface area contributed by atoms with Crippen molar-refractivity contribution in [1.29, 1.82) is 0 Å². The van der Waals surface area contributed by atoms with Crippen LogP contribution in [-0.4, -0.2) is 44.2 Å². The summed E-state index contributed by atoms with van der Waals surface area (Å²) in [6.07, 6.45) is 4.23. The molecule has 0 saturated carbocycles. The highest BCUT2D eigenvalue weighted by Gasteiger charge is 2.07. The van der Waals surface area contributed by atoms with Crippen LogP contribution >= 0.6 is 0 Å². The van der Waals surface area contributed by atoms with Crippen molar-refractivity contribution >= 4 is 11.9 Å². The van der Waals surface area contributed by atoms with Crippen molar-refractivity contribution in [1.82, 2.24) is 25.0 Å². The van der Waals surface area contributed by atoms with Crippen LogP contribution in [0, 0.1) is 5.92 Å². The van der Waals surface area contributed by atoms with Gasteiger partial charge in [0, 0.05) is 19.5 Å². The maximum absolute atomic E-state index is 10.5. The van der Waals surface area contributed by atoms with Crippen LogP contribution in [0.25, 0.3) is 11.4 Å². The number of carbonyl (C=O) groups is 1. The van der Waals surface area contributed by atoms with E-state index >= 15 is 0 Å². The number of ether oxygens (including phenoxy) is 1. The second-order valence-corrected chi connectivity index (χ2v) is 4.68. The lowest BCUT2D eigenvalue weighted by Gasteiger charge is -2.12. The van der Waals surface area contributed by atoms with E-state index in [0.717, 1.165) is 0 Å². The summed E-state index contributed by atoms with van der Waals surface area (Å²) in [5.41, 5.74) is 6.22. The average molecular weight is 291 g/mol. The lowest BCUT2D eigenvalue weighted by Crippen LogP contribution is -2.22. The van der Waals surface area contributed by atoms with Gasteiger partial charge in [0.05, 0.1) is 25.2 Å². The van der Waals surface area contributed by atoms with E-state index in [9.17, 15) is 4.79 Å². The van der Waals surface area contributed by atoms with Gasteiger partial charge >= 0.3 is 6.09 Å². The van der Waals surface area contributed by atoms with Gasteiger partial charge in [-0.2, -0.15) is 0 Å². The normalized spacial score (nSPS) is 11.9. The van der Waals surface area contributed by atoms with Crippen LogP contribution in [0.3, 0.4) is 0 Å². The molecule has 0 spiro atoms. The number of aryl methyl sites for hydroxylation is 1. The van der Waals surface area contributed by atoms with Crippen molar-refractivity contribution in [2.45, 2.75) is 6.92 Å². The molecule has 1 amide bonds. The molecular formula is C12H17N7O2. The lowest BCUT2D eigenvalue weighted by atomic mass is 10.2. The van der Waals surface area contributed by atoms with Gasteiger partial charge in [0.15, 0.2) is 0 Å². The number of nitrogens with zero attached hydrogens (tertiary/aromatic N) is 5. The Morgan fingerprint density at radius 2 is 2.24 bits per heavy atom. The number of nitrogens with one attached hydrogen (secondary N) is 1. The number of hydrogen-bond acceptors (Lipinski definition) is 7. The number of aromatic nitrogens is 5. The molecule has 2 rings (SSSR count). The quantitative estimate of drug-likeness (QED) is 0.790. The molecule has 21 heavy (non-hydrogen) atoms. The zero-order valence-corrected chi connectivity index (χ0v) is 11.9. The van der Waals surface area contributed by atoms with E-state index in [-0.39, 0.29) is 12.5 Å². The molecule has 1 atom stereocenters. The highest BCUT2D eigenvalue weighted by atomic mass is 16.5. The minimum atomic E-state index is -0.769. The third-order valence-corrected chi connectivity index (χ3v) is 2.66. The van der Waals surface area contributed by atoms with Gasteiger partial charge < -0.3 is 15.8 Å². The van der Waals surface area contributed by atoms with Crippen molar-refractivity contribution in [3.63, 3.8) is 0 Å². The molecule has 9 nitrogen and oxygen atoms in total. The third-order valence-electron chi connectivity index (χ3n) is 2.66. The van der Waals surface area contributed by atoms with Gasteiger partial charge in [-0.05, 0) is 0 Å². The Labute approximate surface area is 121 Å². The molecule has 9 heteroatoms. The Bertz CT molecular complexity index is 596. The fourth-order valence-corrected chi connectivity index (χ4v) is 1.58. The van der Waals surface area contributed by atoms with Crippen molar-refractivity contribution in [3.8, 4) is 11.4 Å². The smallest absolute Gasteiger partial charge is 0.404 e. The van der Waals surface area contributed by atoms with Crippen molar-refractivity contribution in [2.75, 3.05) is 18.5 Å². The first-order valence-corrected chi connectivity index (χ1v) is 6.39. The Morgan fingerprint density at radius 3 is 2.81 bits per heavy atom. The van der Waals surface area contributed by atoms with Gasteiger partial charge in [0.2, 0.25) is 0 Å². The summed E-state index contributed by atoms with van der Waals surface area (Å²) in [6, 6.07) is 0. The first-order chi connectivity index (χ1) is 10.0. The van der Waals surface area contributed by atoms with E-state index in [1.807, 2.05) is 6.92 Å². The predicted octanol–water partition coefficient (Wildman–Crippen LogP) is 0.415. The van der Waals surface area contributed by atoms with E-state index in [2.05, 4.69) is 25.6 Å². The van der Waals surface area contributed by atoms with E-state index in [1.54, 1.807) is 30.3 Å². The zero-order chi connectivity index (χ0) is 15.2. The molecule has 3 N–H and O–H groups in total. The van der Waals surface area contributed by atoms with E-state index in [0.29, 0.717) is 23.8 Å². The number of nitrogens with two attached hydrogens (primary N) is 1. The van der Waals surface area contributed by atoms with Crippen LogP contribution in [0.1, 0.15) is 6.92 Å². The summed E-state index contributed by atoms with van der Waals surface area (Å²) in [7, 11) is 1.79. The zero-order valence-electron chi connectivity index (χ0n) is 11.9. The second-order valence-electron chi connectivity index (χ2n) is 4.68. The topological polar surface area (TPSA) is 121 Å². The van der Waals surface area contributed by atoms with Crippen LogP contribution in [0.5, 0.6) is 0 Å². The van der Waals surface area contributed by atoms with E-state index in [1.165, 1.54) is 0 Å². The van der Waals surface area contributed by atoms with Crippen LogP contribution in [-0.2, 0) is 11.8 Å². The van der Waals surface area contributed by atoms with Crippen molar-refractivity contribution < 1.29 is 9.53 Å². The Kier molecular flexibility index (Phi) is 4.64. The maximum atomic E-state index is 10.5. The fraction of sp³-hybridized carbons (Fsp3) is 0.417. The first kappa shape index (κ1) is 14.7. The summed E-state index contributed by atoms with van der Waals surface area (Å²) in [4.78, 5) is 19.0. The van der Waals surface area contributed by atoms with E-state index in [4.69, 9.17) is 10.5 Å². The molecular weight excluding hydrogens is 274 g/mol. The summed E-state index contributed by atoms with van der Waals surface area (Å²) >= 11 is 0. The molecule has 2 aromatic rings. The highest BCUT2D eigenvalue weighted by Crippen LogP contribution is 2.12. The number of rotatable bonds is 6. The van der Waals surface area contributed by atoms with Crippen LogP contribution in [0.4, 0.5) is 10.6 Å². The summed E-state index contributed by atoms with van der Waals surface area (Å²) in [5.74, 6) is 0.743. The lowest BCUT2D eigenvalue weighted by molar-refractivity contribution is 0.142. The molecule has 0 aliphatic rings. The molecule has 0 aliphatic heterocycles. The molecule has 0 aliphatic carbocycles. The number of amides is 1. The van der Waals surface area contributed by atoms with Crippen molar-refractivity contribution in [3.05, 3.63) is 18.6 Å². The third kappa shape index (κ3) is 4.41. The molecule has 112 valence electrons. The number of carbonyl (C=O) groups excluding carboxylic acids is 1. The Hall–Kier alpha value is -2.71. The molecule has 0 radical (unpaired) electrons. The second kappa shape index (κ2) is 6.64. The first-order valence-electron chi connectivity index (χ1n) is 6.39. The molecule has 0 saturated heterocycles. The highest BCUT2D eigenvalue weighted by molar-refractivity contribution is 5.64.